The lowest BCUT2D eigenvalue weighted by molar-refractivity contribution is -0.116. The Labute approximate surface area is 142 Å². The average molecular weight is 347 g/mol. The fourth-order valence-electron chi connectivity index (χ4n) is 2.34. The molecule has 3 aromatic rings. The zero-order valence-electron chi connectivity index (χ0n) is 11.9. The lowest BCUT2D eigenvalue weighted by Gasteiger charge is -2.12. The summed E-state index contributed by atoms with van der Waals surface area (Å²) in [4.78, 5) is 24.1. The first kappa shape index (κ1) is 15.6. The number of benzene rings is 2. The molecule has 0 atom stereocenters. The van der Waals surface area contributed by atoms with Crippen LogP contribution in [-0.2, 0) is 11.3 Å². The van der Waals surface area contributed by atoms with E-state index in [4.69, 9.17) is 23.2 Å². The van der Waals surface area contributed by atoms with Gasteiger partial charge in [-0.25, -0.2) is 0 Å². The van der Waals surface area contributed by atoms with E-state index in [0.29, 0.717) is 26.6 Å². The van der Waals surface area contributed by atoms with E-state index in [1.165, 1.54) is 6.07 Å². The summed E-state index contributed by atoms with van der Waals surface area (Å²) in [5.41, 5.74) is 1.08. The number of fused-ring (bicyclic) bond motifs is 1. The Morgan fingerprint density at radius 3 is 2.70 bits per heavy atom. The normalized spacial score (nSPS) is 10.7. The van der Waals surface area contributed by atoms with Crippen molar-refractivity contribution in [3.63, 3.8) is 0 Å². The largest absolute Gasteiger partial charge is 0.338 e. The Morgan fingerprint density at radius 1 is 1.09 bits per heavy atom. The first-order valence-electron chi connectivity index (χ1n) is 6.88. The summed E-state index contributed by atoms with van der Waals surface area (Å²) >= 11 is 11.9. The van der Waals surface area contributed by atoms with Crippen LogP contribution in [0.4, 0.5) is 5.69 Å². The van der Waals surface area contributed by atoms with Gasteiger partial charge in [-0.1, -0.05) is 35.3 Å². The molecule has 1 N–H and O–H groups in total. The summed E-state index contributed by atoms with van der Waals surface area (Å²) in [7, 11) is 0. The standard InChI is InChI=1S/C17H12Cl2N2O2/c18-11-5-6-13(19)14(9-11)20-17(23)10-21-8-7-16(22)12-3-1-2-4-15(12)21/h1-9H,10H2,(H,20,23). The van der Waals surface area contributed by atoms with Gasteiger partial charge >= 0.3 is 0 Å². The third-order valence-corrected chi connectivity index (χ3v) is 3.97. The number of para-hydroxylation sites is 1. The van der Waals surface area contributed by atoms with Crippen molar-refractivity contribution < 1.29 is 4.79 Å². The van der Waals surface area contributed by atoms with E-state index < -0.39 is 0 Å². The zero-order chi connectivity index (χ0) is 16.4. The molecule has 1 aromatic heterocycles. The number of rotatable bonds is 3. The minimum absolute atomic E-state index is 0.0592. The molecule has 0 unspecified atom stereocenters. The lowest BCUT2D eigenvalue weighted by Crippen LogP contribution is -2.20. The number of hydrogen-bond acceptors (Lipinski definition) is 2. The second-order valence-corrected chi connectivity index (χ2v) is 5.84. The molecule has 1 heterocycles. The molecule has 0 aliphatic rings. The Balaban J connectivity index is 1.88. The summed E-state index contributed by atoms with van der Waals surface area (Å²) in [5, 5.41) is 4.19. The third-order valence-electron chi connectivity index (χ3n) is 3.40. The van der Waals surface area contributed by atoms with Crippen molar-refractivity contribution in [1.82, 2.24) is 4.57 Å². The van der Waals surface area contributed by atoms with Gasteiger partial charge in [0, 0.05) is 22.7 Å². The van der Waals surface area contributed by atoms with Crippen LogP contribution in [0.1, 0.15) is 0 Å². The Hall–Kier alpha value is -2.30. The first-order chi connectivity index (χ1) is 11.0. The van der Waals surface area contributed by atoms with E-state index in [1.807, 2.05) is 6.07 Å². The highest BCUT2D eigenvalue weighted by Crippen LogP contribution is 2.25. The van der Waals surface area contributed by atoms with Crippen molar-refractivity contribution >= 4 is 45.7 Å². The van der Waals surface area contributed by atoms with E-state index in [9.17, 15) is 9.59 Å². The van der Waals surface area contributed by atoms with Crippen molar-refractivity contribution in [2.24, 2.45) is 0 Å². The van der Waals surface area contributed by atoms with Crippen LogP contribution in [-0.4, -0.2) is 10.5 Å². The monoisotopic (exact) mass is 346 g/mol. The maximum absolute atomic E-state index is 12.3. The molecule has 0 spiro atoms. The van der Waals surface area contributed by atoms with E-state index in [0.717, 1.165) is 0 Å². The highest BCUT2D eigenvalue weighted by molar-refractivity contribution is 6.35. The summed E-state index contributed by atoms with van der Waals surface area (Å²) < 4.78 is 1.71. The van der Waals surface area contributed by atoms with Crippen LogP contribution in [0.25, 0.3) is 10.9 Å². The number of pyridine rings is 1. The van der Waals surface area contributed by atoms with Crippen LogP contribution in [0.15, 0.2) is 59.5 Å². The topological polar surface area (TPSA) is 51.1 Å². The van der Waals surface area contributed by atoms with Gasteiger partial charge in [-0.15, -0.1) is 0 Å². The van der Waals surface area contributed by atoms with Gasteiger partial charge in [0.25, 0.3) is 0 Å². The van der Waals surface area contributed by atoms with Crippen molar-refractivity contribution in [1.29, 1.82) is 0 Å². The molecule has 6 heteroatoms. The van der Waals surface area contributed by atoms with Gasteiger partial charge in [0.05, 0.1) is 16.2 Å². The number of anilines is 1. The van der Waals surface area contributed by atoms with Crippen molar-refractivity contribution in [3.8, 4) is 0 Å². The van der Waals surface area contributed by atoms with Crippen molar-refractivity contribution in [2.75, 3.05) is 5.32 Å². The number of nitrogens with one attached hydrogen (secondary N) is 1. The van der Waals surface area contributed by atoms with Gasteiger partial charge in [-0.05, 0) is 30.3 Å². The van der Waals surface area contributed by atoms with Crippen molar-refractivity contribution in [3.05, 3.63) is 75.0 Å². The highest BCUT2D eigenvalue weighted by Gasteiger charge is 2.09. The fraction of sp³-hybridized carbons (Fsp3) is 0.0588. The minimum atomic E-state index is -0.261. The molecule has 0 aliphatic carbocycles. The Kier molecular flexibility index (Phi) is 4.37. The molecule has 0 aliphatic heterocycles. The lowest BCUT2D eigenvalue weighted by atomic mass is 10.2. The van der Waals surface area contributed by atoms with Crippen LogP contribution in [0, 0.1) is 0 Å². The molecular formula is C17H12Cl2N2O2. The Morgan fingerprint density at radius 2 is 1.87 bits per heavy atom. The Bertz CT molecular complexity index is 951. The summed E-state index contributed by atoms with van der Waals surface area (Å²) in [5.74, 6) is -0.261. The molecule has 0 bridgehead atoms. The molecular weight excluding hydrogens is 335 g/mol. The predicted octanol–water partition coefficient (Wildman–Crippen LogP) is 3.95. The molecule has 0 saturated carbocycles. The molecule has 0 radical (unpaired) electrons. The summed E-state index contributed by atoms with van der Waals surface area (Å²) in [6.45, 7) is 0.0592. The fourth-order valence-corrected chi connectivity index (χ4v) is 2.67. The minimum Gasteiger partial charge on any atom is -0.338 e. The maximum atomic E-state index is 12.3. The van der Waals surface area contributed by atoms with Crippen LogP contribution in [0.3, 0.4) is 0 Å². The van der Waals surface area contributed by atoms with Crippen LogP contribution in [0.5, 0.6) is 0 Å². The van der Waals surface area contributed by atoms with Gasteiger partial charge in [-0.3, -0.25) is 9.59 Å². The number of hydrogen-bond donors (Lipinski definition) is 1. The quantitative estimate of drug-likeness (QED) is 0.780. The highest BCUT2D eigenvalue weighted by atomic mass is 35.5. The molecule has 116 valence electrons. The number of nitrogens with zero attached hydrogens (tertiary/aromatic N) is 1. The molecule has 4 nitrogen and oxygen atoms in total. The smallest absolute Gasteiger partial charge is 0.244 e. The van der Waals surface area contributed by atoms with Gasteiger partial charge in [0.2, 0.25) is 5.91 Å². The van der Waals surface area contributed by atoms with E-state index >= 15 is 0 Å². The van der Waals surface area contributed by atoms with Crippen LogP contribution >= 0.6 is 23.2 Å². The summed E-state index contributed by atoms with van der Waals surface area (Å²) in [6.07, 6.45) is 1.60. The number of carbonyl (C=O) groups excluding carboxylic acids is 1. The van der Waals surface area contributed by atoms with Crippen molar-refractivity contribution in [2.45, 2.75) is 6.54 Å². The molecule has 23 heavy (non-hydrogen) atoms. The maximum Gasteiger partial charge on any atom is 0.244 e. The van der Waals surface area contributed by atoms with Gasteiger partial charge in [0.15, 0.2) is 5.43 Å². The summed E-state index contributed by atoms with van der Waals surface area (Å²) in [6, 6.07) is 13.5. The first-order valence-corrected chi connectivity index (χ1v) is 7.63. The number of carbonyl (C=O) groups is 1. The molecule has 2 aromatic carbocycles. The molecule has 1 amide bonds. The third kappa shape index (κ3) is 3.38. The number of halogens is 2. The van der Waals surface area contributed by atoms with E-state index in [2.05, 4.69) is 5.32 Å². The van der Waals surface area contributed by atoms with Gasteiger partial charge < -0.3 is 9.88 Å². The average Bonchev–Trinajstić information content (AvgIpc) is 2.54. The van der Waals surface area contributed by atoms with E-state index in [1.54, 1.807) is 47.2 Å². The van der Waals surface area contributed by atoms with Crippen LogP contribution < -0.4 is 10.7 Å². The van der Waals surface area contributed by atoms with Crippen LogP contribution in [0.2, 0.25) is 10.0 Å². The number of aromatic nitrogens is 1. The number of amides is 1. The molecule has 3 rings (SSSR count). The zero-order valence-corrected chi connectivity index (χ0v) is 13.4. The second-order valence-electron chi connectivity index (χ2n) is 5.00. The second kappa shape index (κ2) is 6.44. The predicted molar refractivity (Wildman–Crippen MR) is 93.3 cm³/mol. The van der Waals surface area contributed by atoms with E-state index in [-0.39, 0.29) is 17.9 Å². The SMILES string of the molecule is O=C(Cn1ccc(=O)c2ccccc21)Nc1cc(Cl)ccc1Cl. The molecule has 0 fully saturated rings. The molecule has 0 saturated heterocycles. The van der Waals surface area contributed by atoms with Gasteiger partial charge in [0.1, 0.15) is 6.54 Å². The van der Waals surface area contributed by atoms with Gasteiger partial charge in [-0.2, -0.15) is 0 Å².